The lowest BCUT2D eigenvalue weighted by Gasteiger charge is -2.30. The Hall–Kier alpha value is -2.03. The van der Waals surface area contributed by atoms with Crippen molar-refractivity contribution < 1.29 is 23.1 Å². The zero-order chi connectivity index (χ0) is 17.3. The molecule has 1 aromatic rings. The second kappa shape index (κ2) is 6.23. The third-order valence-electron chi connectivity index (χ3n) is 4.23. The van der Waals surface area contributed by atoms with Crippen molar-refractivity contribution in [2.75, 3.05) is 11.9 Å². The monoisotopic (exact) mass is 333 g/mol. The number of aromatic amines is 1. The van der Waals surface area contributed by atoms with E-state index in [9.17, 15) is 27.9 Å². The van der Waals surface area contributed by atoms with Gasteiger partial charge in [0.1, 0.15) is 5.69 Å². The predicted octanol–water partition coefficient (Wildman–Crippen LogP) is 2.07. The number of carbonyl (C=O) groups is 1. The molecule has 6 nitrogen and oxygen atoms in total. The first-order valence-electron chi connectivity index (χ1n) is 7.14. The molecule has 4 N–H and O–H groups in total. The van der Waals surface area contributed by atoms with Crippen molar-refractivity contribution in [2.24, 2.45) is 5.41 Å². The molecule has 1 heterocycles. The minimum Gasteiger partial charge on any atom is -0.396 e. The molecule has 1 aliphatic carbocycles. The molecule has 1 aliphatic rings. The summed E-state index contributed by atoms with van der Waals surface area (Å²) in [4.78, 5) is 25.4. The van der Waals surface area contributed by atoms with Crippen molar-refractivity contribution in [1.82, 2.24) is 10.3 Å². The molecule has 0 aliphatic heterocycles. The van der Waals surface area contributed by atoms with Gasteiger partial charge in [-0.15, -0.1) is 0 Å². The number of carbonyl (C=O) groups excluding carboxylic acids is 1. The molecule has 9 heteroatoms. The maximum Gasteiger partial charge on any atom is 0.417 e. The molecule has 0 bridgehead atoms. The van der Waals surface area contributed by atoms with E-state index in [-0.39, 0.29) is 12.6 Å². The number of hydrogen-bond donors (Lipinski definition) is 4. The van der Waals surface area contributed by atoms with Crippen molar-refractivity contribution >= 4 is 11.7 Å². The Balaban J connectivity index is 2.10. The summed E-state index contributed by atoms with van der Waals surface area (Å²) in [5.74, 6) is 0. The van der Waals surface area contributed by atoms with Gasteiger partial charge in [0.25, 0.3) is 5.56 Å². The summed E-state index contributed by atoms with van der Waals surface area (Å²) >= 11 is 0. The molecule has 1 saturated carbocycles. The summed E-state index contributed by atoms with van der Waals surface area (Å²) in [5.41, 5.74) is -2.85. The SMILES string of the molecule is CC1(CO)CCCC1NC(=O)Nc1cc(C(F)(F)F)c[nH]c1=O. The molecule has 2 atom stereocenters. The van der Waals surface area contributed by atoms with Gasteiger partial charge in [0.05, 0.1) is 12.2 Å². The Morgan fingerprint density at radius 2 is 2.22 bits per heavy atom. The molecule has 1 fully saturated rings. The molecule has 1 aromatic heterocycles. The van der Waals surface area contributed by atoms with Crippen LogP contribution in [-0.4, -0.2) is 28.8 Å². The third kappa shape index (κ3) is 3.84. The van der Waals surface area contributed by atoms with Crippen LogP contribution in [0.1, 0.15) is 31.7 Å². The number of alkyl halides is 3. The predicted molar refractivity (Wildman–Crippen MR) is 77.1 cm³/mol. The van der Waals surface area contributed by atoms with Gasteiger partial charge in [0.15, 0.2) is 0 Å². The molecular formula is C14H18F3N3O3. The summed E-state index contributed by atoms with van der Waals surface area (Å²) in [6.07, 6.45) is -1.86. The van der Waals surface area contributed by atoms with E-state index >= 15 is 0 Å². The van der Waals surface area contributed by atoms with Crippen molar-refractivity contribution in [3.05, 3.63) is 28.2 Å². The molecule has 0 radical (unpaired) electrons. The molecule has 2 rings (SSSR count). The first kappa shape index (κ1) is 17.3. The average molecular weight is 333 g/mol. The number of aliphatic hydroxyl groups excluding tert-OH is 1. The molecule has 0 spiro atoms. The Morgan fingerprint density at radius 3 is 2.83 bits per heavy atom. The quantitative estimate of drug-likeness (QED) is 0.682. The number of H-pyrrole nitrogens is 1. The van der Waals surface area contributed by atoms with Crippen LogP contribution in [0.2, 0.25) is 0 Å². The van der Waals surface area contributed by atoms with Crippen LogP contribution in [-0.2, 0) is 6.18 Å². The number of anilines is 1. The van der Waals surface area contributed by atoms with E-state index in [0.717, 1.165) is 12.8 Å². The van der Waals surface area contributed by atoms with E-state index in [1.165, 1.54) is 0 Å². The zero-order valence-electron chi connectivity index (χ0n) is 12.5. The summed E-state index contributed by atoms with van der Waals surface area (Å²) in [6, 6.07) is -0.503. The van der Waals surface area contributed by atoms with Gasteiger partial charge in [-0.2, -0.15) is 13.2 Å². The van der Waals surface area contributed by atoms with Crippen LogP contribution < -0.4 is 16.2 Å². The number of nitrogens with one attached hydrogen (secondary N) is 3. The lowest BCUT2D eigenvalue weighted by Crippen LogP contribution is -2.46. The molecule has 0 saturated heterocycles. The fraction of sp³-hybridized carbons (Fsp3) is 0.571. The van der Waals surface area contributed by atoms with Gasteiger partial charge in [0, 0.05) is 17.7 Å². The Morgan fingerprint density at radius 1 is 1.52 bits per heavy atom. The van der Waals surface area contributed by atoms with E-state index in [0.29, 0.717) is 18.7 Å². The number of aromatic nitrogens is 1. The summed E-state index contributed by atoms with van der Waals surface area (Å²) in [5, 5.41) is 14.2. The second-order valence-corrected chi connectivity index (χ2v) is 5.98. The minimum atomic E-state index is -4.63. The maximum absolute atomic E-state index is 12.6. The van der Waals surface area contributed by atoms with E-state index in [4.69, 9.17) is 0 Å². The molecule has 2 amide bonds. The zero-order valence-corrected chi connectivity index (χ0v) is 12.5. The second-order valence-electron chi connectivity index (χ2n) is 5.98. The number of aliphatic hydroxyl groups is 1. The van der Waals surface area contributed by atoms with Gasteiger partial charge in [-0.05, 0) is 18.9 Å². The van der Waals surface area contributed by atoms with Gasteiger partial charge in [-0.1, -0.05) is 13.3 Å². The first-order valence-corrected chi connectivity index (χ1v) is 7.14. The van der Waals surface area contributed by atoms with Crippen LogP contribution in [0.15, 0.2) is 17.1 Å². The summed E-state index contributed by atoms with van der Waals surface area (Å²) < 4.78 is 37.9. The van der Waals surface area contributed by atoms with Crippen molar-refractivity contribution in [1.29, 1.82) is 0 Å². The van der Waals surface area contributed by atoms with Crippen LogP contribution in [0.5, 0.6) is 0 Å². The maximum atomic E-state index is 12.6. The van der Waals surface area contributed by atoms with Gasteiger partial charge in [0.2, 0.25) is 0 Å². The fourth-order valence-electron chi connectivity index (χ4n) is 2.73. The number of hydrogen-bond acceptors (Lipinski definition) is 3. The van der Waals surface area contributed by atoms with Crippen LogP contribution in [0.4, 0.5) is 23.7 Å². The minimum absolute atomic E-state index is 0.109. The number of pyridine rings is 1. The Bertz CT molecular complexity index is 644. The van der Waals surface area contributed by atoms with Crippen LogP contribution in [0.3, 0.4) is 0 Å². The average Bonchev–Trinajstić information content (AvgIpc) is 2.82. The Kier molecular flexibility index (Phi) is 4.69. The summed E-state index contributed by atoms with van der Waals surface area (Å²) in [7, 11) is 0. The number of rotatable bonds is 3. The van der Waals surface area contributed by atoms with Crippen LogP contribution in [0.25, 0.3) is 0 Å². The van der Waals surface area contributed by atoms with E-state index in [2.05, 4.69) is 10.6 Å². The highest BCUT2D eigenvalue weighted by Gasteiger charge is 2.39. The van der Waals surface area contributed by atoms with E-state index in [1.54, 1.807) is 0 Å². The molecular weight excluding hydrogens is 315 g/mol. The fourth-order valence-corrected chi connectivity index (χ4v) is 2.73. The van der Waals surface area contributed by atoms with Crippen LogP contribution >= 0.6 is 0 Å². The molecule has 128 valence electrons. The topological polar surface area (TPSA) is 94.2 Å². The van der Waals surface area contributed by atoms with Gasteiger partial charge in [-0.25, -0.2) is 4.79 Å². The molecule has 0 aromatic carbocycles. The largest absolute Gasteiger partial charge is 0.417 e. The standard InChI is InChI=1S/C14H18F3N3O3/c1-13(7-21)4-2-3-10(13)20-12(23)19-9-5-8(14(15,16)17)6-18-11(9)22/h5-6,10,21H,2-4,7H2,1H3,(H,18,22)(H2,19,20,23). The number of amides is 2. The van der Waals surface area contributed by atoms with E-state index < -0.39 is 34.4 Å². The summed E-state index contributed by atoms with van der Waals surface area (Å²) in [6.45, 7) is 1.71. The van der Waals surface area contributed by atoms with Gasteiger partial charge >= 0.3 is 12.2 Å². The van der Waals surface area contributed by atoms with Crippen molar-refractivity contribution in [3.63, 3.8) is 0 Å². The van der Waals surface area contributed by atoms with Gasteiger partial charge in [-0.3, -0.25) is 4.79 Å². The number of halogens is 3. The van der Waals surface area contributed by atoms with Gasteiger partial charge < -0.3 is 20.7 Å². The van der Waals surface area contributed by atoms with E-state index in [1.807, 2.05) is 11.9 Å². The molecule has 23 heavy (non-hydrogen) atoms. The Labute approximate surface area is 130 Å². The van der Waals surface area contributed by atoms with Crippen LogP contribution in [0, 0.1) is 5.41 Å². The lowest BCUT2D eigenvalue weighted by atomic mass is 9.86. The van der Waals surface area contributed by atoms with Crippen molar-refractivity contribution in [3.8, 4) is 0 Å². The smallest absolute Gasteiger partial charge is 0.396 e. The van der Waals surface area contributed by atoms with Crippen molar-refractivity contribution in [2.45, 2.75) is 38.4 Å². The third-order valence-corrected chi connectivity index (χ3v) is 4.23. The highest BCUT2D eigenvalue weighted by molar-refractivity contribution is 5.89. The number of urea groups is 1. The molecule has 2 unspecified atom stereocenters. The highest BCUT2D eigenvalue weighted by Crippen LogP contribution is 2.37. The highest BCUT2D eigenvalue weighted by atomic mass is 19.4. The lowest BCUT2D eigenvalue weighted by molar-refractivity contribution is -0.137. The first-order chi connectivity index (χ1) is 10.7. The normalized spacial score (nSPS) is 24.5.